The van der Waals surface area contributed by atoms with Crippen molar-refractivity contribution >= 4 is 29.4 Å². The lowest BCUT2D eigenvalue weighted by Gasteiger charge is -2.36. The van der Waals surface area contributed by atoms with Crippen molar-refractivity contribution < 1.29 is 19.1 Å². The number of nitrogens with two attached hydrogens (primary N) is 1. The molecule has 0 fully saturated rings. The zero-order chi connectivity index (χ0) is 36.7. The first-order valence-electron chi connectivity index (χ1n) is 17.9. The smallest absolute Gasteiger partial charge is 0.243 e. The minimum Gasteiger partial charge on any atom is -0.488 e. The van der Waals surface area contributed by atoms with Crippen molar-refractivity contribution in [1.29, 1.82) is 0 Å². The predicted molar refractivity (Wildman–Crippen MR) is 209 cm³/mol. The zero-order valence-electron chi connectivity index (χ0n) is 30.4. The molecular formula is C43H53N3O4S. The van der Waals surface area contributed by atoms with E-state index in [1.165, 1.54) is 0 Å². The first-order chi connectivity index (χ1) is 24.5. The van der Waals surface area contributed by atoms with E-state index in [0.29, 0.717) is 31.4 Å². The SMILES string of the molecule is CNC(=O)[C@H](CSC(c1ccccc1)(c1ccccc1)c1ccccc1)NC(=O)CCCCCCC(=O)C(N)Cc1ccc(OC(C)(C)C)cc1. The largest absolute Gasteiger partial charge is 0.488 e. The van der Waals surface area contributed by atoms with Gasteiger partial charge in [-0.1, -0.05) is 116 Å². The number of Topliss-reactive ketones (excluding diaryl/α,β-unsaturated/α-hetero) is 1. The maximum Gasteiger partial charge on any atom is 0.243 e. The Kier molecular flexibility index (Phi) is 14.9. The second kappa shape index (κ2) is 19.3. The Morgan fingerprint density at radius 2 is 1.20 bits per heavy atom. The summed E-state index contributed by atoms with van der Waals surface area (Å²) >= 11 is 1.64. The molecule has 1 unspecified atom stereocenters. The second-order valence-electron chi connectivity index (χ2n) is 13.9. The molecule has 0 saturated heterocycles. The van der Waals surface area contributed by atoms with E-state index in [2.05, 4.69) is 47.0 Å². The molecule has 0 aliphatic rings. The highest BCUT2D eigenvalue weighted by atomic mass is 32.2. The predicted octanol–water partition coefficient (Wildman–Crippen LogP) is 7.60. The van der Waals surface area contributed by atoms with E-state index in [1.54, 1.807) is 18.8 Å². The number of likely N-dealkylation sites (N-methyl/N-ethyl adjacent to an activating group) is 1. The zero-order valence-corrected chi connectivity index (χ0v) is 31.2. The molecule has 51 heavy (non-hydrogen) atoms. The summed E-state index contributed by atoms with van der Waals surface area (Å²) in [5, 5.41) is 5.75. The molecule has 4 N–H and O–H groups in total. The summed E-state index contributed by atoms with van der Waals surface area (Å²) in [6.07, 6.45) is 4.25. The summed E-state index contributed by atoms with van der Waals surface area (Å²) in [6, 6.07) is 37.4. The van der Waals surface area contributed by atoms with Gasteiger partial charge in [0.05, 0.1) is 10.8 Å². The standard InChI is InChI=1S/C43H53N3O4S/c1-42(2,3)50-36-28-26-32(27-29-36)30-37(44)39(47)24-16-5-6-17-25-40(48)46-38(41(49)45-4)31-51-43(33-18-10-7-11-19-33,34-20-12-8-13-21-34)35-22-14-9-15-23-35/h7-15,18-23,26-29,37-38H,5-6,16-17,24-25,30-31,44H2,1-4H3,(H,45,49)(H,46,48)/t37?,38-/m0/s1. The number of ether oxygens (including phenoxy) is 1. The Balaban J connectivity index is 1.28. The maximum absolute atomic E-state index is 13.1. The number of nitrogens with one attached hydrogen (secondary N) is 2. The van der Waals surface area contributed by atoms with Crippen molar-refractivity contribution in [2.45, 2.75) is 88.1 Å². The monoisotopic (exact) mass is 707 g/mol. The molecule has 0 heterocycles. The molecule has 4 aromatic carbocycles. The summed E-state index contributed by atoms with van der Waals surface area (Å²) in [6.45, 7) is 6.01. The molecule has 0 saturated carbocycles. The number of hydrogen-bond donors (Lipinski definition) is 3. The second-order valence-corrected chi connectivity index (χ2v) is 15.1. The Morgan fingerprint density at radius 3 is 1.67 bits per heavy atom. The molecule has 7 nitrogen and oxygen atoms in total. The first-order valence-corrected chi connectivity index (χ1v) is 18.9. The van der Waals surface area contributed by atoms with Crippen LogP contribution in [-0.2, 0) is 25.6 Å². The van der Waals surface area contributed by atoms with E-state index < -0.39 is 16.8 Å². The molecular weight excluding hydrogens is 655 g/mol. The van der Waals surface area contributed by atoms with E-state index in [9.17, 15) is 14.4 Å². The number of rotatable bonds is 19. The summed E-state index contributed by atoms with van der Waals surface area (Å²) in [7, 11) is 1.59. The van der Waals surface area contributed by atoms with E-state index in [1.807, 2.05) is 99.6 Å². The van der Waals surface area contributed by atoms with Crippen molar-refractivity contribution in [3.05, 3.63) is 138 Å². The number of ketones is 1. The van der Waals surface area contributed by atoms with Gasteiger partial charge in [0.1, 0.15) is 23.2 Å². The van der Waals surface area contributed by atoms with Gasteiger partial charge in [0.2, 0.25) is 11.8 Å². The summed E-state index contributed by atoms with van der Waals surface area (Å²) in [5.41, 5.74) is 10.2. The van der Waals surface area contributed by atoms with Crippen LogP contribution in [0.2, 0.25) is 0 Å². The average Bonchev–Trinajstić information content (AvgIpc) is 3.13. The minimum atomic E-state index is -0.718. The number of hydrogen-bond acceptors (Lipinski definition) is 6. The Morgan fingerprint density at radius 1 is 0.706 bits per heavy atom. The average molecular weight is 708 g/mol. The van der Waals surface area contributed by atoms with Crippen molar-refractivity contribution in [2.24, 2.45) is 5.73 Å². The van der Waals surface area contributed by atoms with Crippen molar-refractivity contribution in [2.75, 3.05) is 12.8 Å². The number of carbonyl (C=O) groups is 3. The van der Waals surface area contributed by atoms with Crippen LogP contribution in [0.5, 0.6) is 5.75 Å². The highest BCUT2D eigenvalue weighted by Crippen LogP contribution is 2.48. The van der Waals surface area contributed by atoms with Crippen LogP contribution in [0.1, 0.15) is 81.5 Å². The highest BCUT2D eigenvalue weighted by molar-refractivity contribution is 8.00. The maximum atomic E-state index is 13.1. The van der Waals surface area contributed by atoms with E-state index in [-0.39, 0.29) is 23.2 Å². The molecule has 270 valence electrons. The normalized spacial score (nSPS) is 12.8. The van der Waals surface area contributed by atoms with Crippen LogP contribution >= 0.6 is 11.8 Å². The van der Waals surface area contributed by atoms with Crippen LogP contribution < -0.4 is 21.1 Å². The van der Waals surface area contributed by atoms with Gasteiger partial charge in [-0.15, -0.1) is 11.8 Å². The Labute approximate surface area is 308 Å². The van der Waals surface area contributed by atoms with Gasteiger partial charge in [0.25, 0.3) is 0 Å². The fraction of sp³-hybridized carbons (Fsp3) is 0.372. The molecule has 2 amide bonds. The minimum absolute atomic E-state index is 0.0475. The summed E-state index contributed by atoms with van der Waals surface area (Å²) in [5.74, 6) is 0.806. The molecule has 4 aromatic rings. The van der Waals surface area contributed by atoms with Crippen molar-refractivity contribution in [3.8, 4) is 5.75 Å². The molecule has 0 radical (unpaired) electrons. The molecule has 2 atom stereocenters. The van der Waals surface area contributed by atoms with Crippen LogP contribution in [0.3, 0.4) is 0 Å². The number of unbranched alkanes of at least 4 members (excludes halogenated alkanes) is 3. The number of carbonyl (C=O) groups excluding carboxylic acids is 3. The van der Waals surface area contributed by atoms with Gasteiger partial charge in [-0.3, -0.25) is 14.4 Å². The van der Waals surface area contributed by atoms with E-state index >= 15 is 0 Å². The van der Waals surface area contributed by atoms with E-state index in [4.69, 9.17) is 10.5 Å². The van der Waals surface area contributed by atoms with Crippen molar-refractivity contribution in [1.82, 2.24) is 10.6 Å². The number of thioether (sulfide) groups is 1. The third kappa shape index (κ3) is 11.8. The molecule has 0 aromatic heterocycles. The van der Waals surface area contributed by atoms with Gasteiger partial charge in [-0.2, -0.15) is 0 Å². The topological polar surface area (TPSA) is 111 Å². The number of benzene rings is 4. The Bertz CT molecular complexity index is 1560. The summed E-state index contributed by atoms with van der Waals surface area (Å²) in [4.78, 5) is 38.9. The van der Waals surface area contributed by atoms with Crippen LogP contribution in [0.15, 0.2) is 115 Å². The van der Waals surface area contributed by atoms with Gasteiger partial charge < -0.3 is 21.1 Å². The third-order valence-electron chi connectivity index (χ3n) is 8.70. The highest BCUT2D eigenvalue weighted by Gasteiger charge is 2.38. The van der Waals surface area contributed by atoms with Crippen LogP contribution in [0.4, 0.5) is 0 Å². The fourth-order valence-corrected chi connectivity index (χ4v) is 7.70. The lowest BCUT2D eigenvalue weighted by Crippen LogP contribution is -2.48. The van der Waals surface area contributed by atoms with E-state index in [0.717, 1.165) is 47.3 Å². The molecule has 0 spiro atoms. The molecule has 0 aliphatic carbocycles. The molecule has 0 bridgehead atoms. The fourth-order valence-electron chi connectivity index (χ4n) is 6.14. The van der Waals surface area contributed by atoms with Gasteiger partial charge >= 0.3 is 0 Å². The van der Waals surface area contributed by atoms with Gasteiger partial charge in [0.15, 0.2) is 0 Å². The molecule has 4 rings (SSSR count). The quantitative estimate of drug-likeness (QED) is 0.0684. The lowest BCUT2D eigenvalue weighted by atomic mass is 9.84. The summed E-state index contributed by atoms with van der Waals surface area (Å²) < 4.78 is 5.27. The number of amides is 2. The third-order valence-corrected chi connectivity index (χ3v) is 10.3. The van der Waals surface area contributed by atoms with Crippen LogP contribution in [0.25, 0.3) is 0 Å². The van der Waals surface area contributed by atoms with Crippen LogP contribution in [-0.4, -0.2) is 48.1 Å². The first kappa shape index (κ1) is 39.4. The van der Waals surface area contributed by atoms with Gasteiger partial charge in [-0.25, -0.2) is 0 Å². The molecule has 8 heteroatoms. The van der Waals surface area contributed by atoms with Gasteiger partial charge in [0, 0.05) is 25.6 Å². The van der Waals surface area contributed by atoms with Crippen LogP contribution in [0, 0.1) is 0 Å². The lowest BCUT2D eigenvalue weighted by molar-refractivity contribution is -0.128. The van der Waals surface area contributed by atoms with Gasteiger partial charge in [-0.05, 0) is 74.4 Å². The Hall–Kier alpha value is -4.40. The molecule has 0 aliphatic heterocycles. The van der Waals surface area contributed by atoms with Crippen molar-refractivity contribution in [3.63, 3.8) is 0 Å².